The summed E-state index contributed by atoms with van der Waals surface area (Å²) >= 11 is 0. The Morgan fingerprint density at radius 1 is 1.12 bits per heavy atom. The molecule has 3 aromatic rings. The fraction of sp³-hybridized carbons (Fsp3) is 0.158. The summed E-state index contributed by atoms with van der Waals surface area (Å²) in [5.41, 5.74) is 2.66. The van der Waals surface area contributed by atoms with Gasteiger partial charge in [-0.2, -0.15) is 0 Å². The second kappa shape index (κ2) is 7.17. The number of carbonyl (C=O) groups excluding carboxylic acids is 1. The van der Waals surface area contributed by atoms with Crippen LogP contribution in [0.1, 0.15) is 24.2 Å². The highest BCUT2D eigenvalue weighted by molar-refractivity contribution is 5.88. The number of nitrogens with one attached hydrogen (secondary N) is 2. The van der Waals surface area contributed by atoms with E-state index in [0.717, 1.165) is 16.9 Å². The van der Waals surface area contributed by atoms with Crippen LogP contribution in [0.5, 0.6) is 0 Å². The molecule has 128 valence electrons. The summed E-state index contributed by atoms with van der Waals surface area (Å²) in [6, 6.07) is 16.9. The molecule has 0 bridgehead atoms. The van der Waals surface area contributed by atoms with Crippen LogP contribution in [-0.4, -0.2) is 15.8 Å². The number of para-hydroxylation sites is 1. The lowest BCUT2D eigenvalue weighted by atomic mass is 10.1. The third-order valence-corrected chi connectivity index (χ3v) is 3.85. The largest absolute Gasteiger partial charge is 0.331 e. The summed E-state index contributed by atoms with van der Waals surface area (Å²) in [5.74, 6) is 0.160. The highest BCUT2D eigenvalue weighted by atomic mass is 19.1. The van der Waals surface area contributed by atoms with Crippen LogP contribution < -0.4 is 10.6 Å². The van der Waals surface area contributed by atoms with Crippen LogP contribution in [0.25, 0.3) is 5.69 Å². The molecule has 6 heteroatoms. The number of rotatable bonds is 4. The first-order valence-electron chi connectivity index (χ1n) is 7.98. The first-order chi connectivity index (χ1) is 12.0. The average molecular weight is 338 g/mol. The van der Waals surface area contributed by atoms with Crippen molar-refractivity contribution in [3.05, 3.63) is 77.7 Å². The Morgan fingerprint density at radius 3 is 2.48 bits per heavy atom. The lowest BCUT2D eigenvalue weighted by molar-refractivity contribution is 0.249. The minimum Gasteiger partial charge on any atom is -0.331 e. The van der Waals surface area contributed by atoms with Crippen LogP contribution in [0.4, 0.5) is 15.0 Å². The Hall–Kier alpha value is -3.15. The van der Waals surface area contributed by atoms with Crippen LogP contribution in [0, 0.1) is 12.7 Å². The van der Waals surface area contributed by atoms with Crippen molar-refractivity contribution in [2.75, 3.05) is 5.32 Å². The van der Waals surface area contributed by atoms with E-state index in [0.29, 0.717) is 5.82 Å². The van der Waals surface area contributed by atoms with Crippen molar-refractivity contribution in [2.45, 2.75) is 19.9 Å². The van der Waals surface area contributed by atoms with Gasteiger partial charge in [0, 0.05) is 11.8 Å². The molecule has 0 radical (unpaired) electrons. The van der Waals surface area contributed by atoms with Gasteiger partial charge in [0.2, 0.25) is 0 Å². The molecule has 3 rings (SSSR count). The Kier molecular flexibility index (Phi) is 4.79. The third-order valence-electron chi connectivity index (χ3n) is 3.85. The van der Waals surface area contributed by atoms with E-state index in [4.69, 9.17) is 0 Å². The molecule has 0 saturated heterocycles. The van der Waals surface area contributed by atoms with Gasteiger partial charge in [0.1, 0.15) is 5.82 Å². The van der Waals surface area contributed by atoms with E-state index >= 15 is 0 Å². The first kappa shape index (κ1) is 16.7. The summed E-state index contributed by atoms with van der Waals surface area (Å²) in [6.07, 6.45) is 0. The maximum absolute atomic E-state index is 13.0. The second-order valence-corrected chi connectivity index (χ2v) is 5.79. The number of halogens is 1. The zero-order valence-corrected chi connectivity index (χ0v) is 14.0. The molecule has 0 fully saturated rings. The topological polar surface area (TPSA) is 59.0 Å². The van der Waals surface area contributed by atoms with E-state index in [9.17, 15) is 9.18 Å². The van der Waals surface area contributed by atoms with Crippen molar-refractivity contribution in [3.63, 3.8) is 0 Å². The van der Waals surface area contributed by atoms with Crippen LogP contribution >= 0.6 is 0 Å². The smallest absolute Gasteiger partial charge is 0.320 e. The highest BCUT2D eigenvalue weighted by Crippen LogP contribution is 2.16. The number of aryl methyl sites for hydroxylation is 1. The Morgan fingerprint density at radius 2 is 1.80 bits per heavy atom. The van der Waals surface area contributed by atoms with Crippen LogP contribution in [0.15, 0.2) is 60.7 Å². The molecule has 1 atom stereocenters. The number of hydrogen-bond donors (Lipinski definition) is 2. The summed E-state index contributed by atoms with van der Waals surface area (Å²) in [6.45, 7) is 3.75. The van der Waals surface area contributed by atoms with Gasteiger partial charge < -0.3 is 5.32 Å². The number of carbonyl (C=O) groups is 1. The molecule has 0 aliphatic carbocycles. The minimum absolute atomic E-state index is 0.252. The normalized spacial score (nSPS) is 11.8. The molecule has 0 spiro atoms. The summed E-state index contributed by atoms with van der Waals surface area (Å²) in [7, 11) is 0. The molecular weight excluding hydrogens is 319 g/mol. The van der Waals surface area contributed by atoms with E-state index in [1.807, 2.05) is 44.2 Å². The van der Waals surface area contributed by atoms with Crippen molar-refractivity contribution in [3.8, 4) is 5.69 Å². The quantitative estimate of drug-likeness (QED) is 0.749. The molecule has 0 aliphatic heterocycles. The van der Waals surface area contributed by atoms with E-state index in [1.165, 1.54) is 12.1 Å². The number of aromatic nitrogens is 2. The van der Waals surface area contributed by atoms with Crippen molar-refractivity contribution in [2.24, 2.45) is 0 Å². The molecule has 1 heterocycles. The number of hydrogen-bond acceptors (Lipinski definition) is 2. The molecule has 25 heavy (non-hydrogen) atoms. The van der Waals surface area contributed by atoms with Crippen molar-refractivity contribution in [1.29, 1.82) is 0 Å². The van der Waals surface area contributed by atoms with Gasteiger partial charge in [-0.25, -0.2) is 13.9 Å². The third kappa shape index (κ3) is 4.03. The number of nitrogens with zero attached hydrogens (tertiary/aromatic N) is 2. The van der Waals surface area contributed by atoms with Gasteiger partial charge in [-0.15, -0.1) is 5.10 Å². The number of urea groups is 1. The van der Waals surface area contributed by atoms with Crippen molar-refractivity contribution in [1.82, 2.24) is 15.1 Å². The monoisotopic (exact) mass is 338 g/mol. The molecule has 0 unspecified atom stereocenters. The van der Waals surface area contributed by atoms with E-state index in [1.54, 1.807) is 22.9 Å². The van der Waals surface area contributed by atoms with Crippen LogP contribution in [-0.2, 0) is 0 Å². The maximum atomic E-state index is 13.0. The van der Waals surface area contributed by atoms with Gasteiger partial charge in [0.05, 0.1) is 11.7 Å². The molecule has 1 aromatic heterocycles. The van der Waals surface area contributed by atoms with E-state index in [2.05, 4.69) is 15.7 Å². The molecule has 2 aromatic carbocycles. The average Bonchev–Trinajstić information content (AvgIpc) is 2.96. The van der Waals surface area contributed by atoms with Gasteiger partial charge in [-0.05, 0) is 43.7 Å². The fourth-order valence-corrected chi connectivity index (χ4v) is 2.55. The zero-order chi connectivity index (χ0) is 17.8. The summed E-state index contributed by atoms with van der Waals surface area (Å²) in [4.78, 5) is 12.2. The van der Waals surface area contributed by atoms with Crippen LogP contribution in [0.3, 0.4) is 0 Å². The Balaban J connectivity index is 1.66. The minimum atomic E-state index is -0.366. The summed E-state index contributed by atoms with van der Waals surface area (Å²) in [5, 5.41) is 9.95. The van der Waals surface area contributed by atoms with Gasteiger partial charge in [0.15, 0.2) is 5.82 Å². The number of benzene rings is 2. The summed E-state index contributed by atoms with van der Waals surface area (Å²) < 4.78 is 14.7. The Labute approximate surface area is 145 Å². The number of amides is 2. The SMILES string of the molecule is Cc1cc(NC(=O)N[C@H](C)c2ccc(F)cc2)nn1-c1ccccc1. The maximum Gasteiger partial charge on any atom is 0.320 e. The van der Waals surface area contributed by atoms with Gasteiger partial charge >= 0.3 is 6.03 Å². The van der Waals surface area contributed by atoms with Gasteiger partial charge in [-0.1, -0.05) is 30.3 Å². The standard InChI is InChI=1S/C19H19FN4O/c1-13-12-18(23-24(13)17-6-4-3-5-7-17)22-19(25)21-14(2)15-8-10-16(20)11-9-15/h3-12,14H,1-2H3,(H2,21,22,23,25)/t14-/m1/s1. The van der Waals surface area contributed by atoms with Gasteiger partial charge in [0.25, 0.3) is 0 Å². The predicted octanol–water partition coefficient (Wildman–Crippen LogP) is 4.20. The highest BCUT2D eigenvalue weighted by Gasteiger charge is 2.12. The Bertz CT molecular complexity index is 859. The predicted molar refractivity (Wildman–Crippen MR) is 95.3 cm³/mol. The zero-order valence-electron chi connectivity index (χ0n) is 14.0. The van der Waals surface area contributed by atoms with Crippen molar-refractivity contribution < 1.29 is 9.18 Å². The molecule has 0 saturated carbocycles. The van der Waals surface area contributed by atoms with E-state index < -0.39 is 0 Å². The molecule has 5 nitrogen and oxygen atoms in total. The molecular formula is C19H19FN4O. The lowest BCUT2D eigenvalue weighted by Gasteiger charge is -2.14. The second-order valence-electron chi connectivity index (χ2n) is 5.79. The molecule has 2 amide bonds. The van der Waals surface area contributed by atoms with E-state index in [-0.39, 0.29) is 17.9 Å². The van der Waals surface area contributed by atoms with Gasteiger partial charge in [-0.3, -0.25) is 5.32 Å². The number of anilines is 1. The lowest BCUT2D eigenvalue weighted by Crippen LogP contribution is -2.31. The van der Waals surface area contributed by atoms with Crippen molar-refractivity contribution >= 4 is 11.8 Å². The molecule has 2 N–H and O–H groups in total. The molecule has 0 aliphatic rings. The fourth-order valence-electron chi connectivity index (χ4n) is 2.55. The first-order valence-corrected chi connectivity index (χ1v) is 7.98. The van der Waals surface area contributed by atoms with Crippen LogP contribution in [0.2, 0.25) is 0 Å².